The Balaban J connectivity index is 1.84. The molecule has 1 atom stereocenters. The van der Waals surface area contributed by atoms with Gasteiger partial charge in [0.05, 0.1) is 6.61 Å². The fraction of sp³-hybridized carbons (Fsp3) is 0.783. The van der Waals surface area contributed by atoms with Gasteiger partial charge < -0.3 is 4.89 Å². The van der Waals surface area contributed by atoms with Crippen LogP contribution in [0.2, 0.25) is 0 Å². The fourth-order valence-electron chi connectivity index (χ4n) is 3.36. The standard InChI is InChI=1S/C23H42NO4P/c1-2-3-4-5-6-7-8-9-10-11-12-13-14-18-22-27-29(25,26)28-23-21-24-19-16-15-17-20-24/h15-17,19-20H,2-14,18,21-23H2,1H3/p+1. The molecule has 5 nitrogen and oxygen atoms in total. The molecule has 1 rings (SSSR count). The van der Waals surface area contributed by atoms with Crippen LogP contribution in [0.4, 0.5) is 0 Å². The van der Waals surface area contributed by atoms with Crippen LogP contribution in [0.25, 0.3) is 0 Å². The maximum Gasteiger partial charge on any atom is 0.472 e. The van der Waals surface area contributed by atoms with Gasteiger partial charge >= 0.3 is 7.82 Å². The number of hydrogen-bond donors (Lipinski definition) is 1. The summed E-state index contributed by atoms with van der Waals surface area (Å²) >= 11 is 0. The summed E-state index contributed by atoms with van der Waals surface area (Å²) in [7, 11) is -3.93. The van der Waals surface area contributed by atoms with Crippen LogP contribution in [0, 0.1) is 0 Å². The first-order valence-electron chi connectivity index (χ1n) is 11.7. The zero-order valence-corrected chi connectivity index (χ0v) is 19.4. The SMILES string of the molecule is CCCCCCCCCCCCCCCCOP(=O)(O)OCC[n+]1ccccc1. The van der Waals surface area contributed by atoms with Crippen LogP contribution in [-0.2, 0) is 20.2 Å². The van der Waals surface area contributed by atoms with Crippen LogP contribution in [0.5, 0.6) is 0 Å². The van der Waals surface area contributed by atoms with E-state index in [9.17, 15) is 9.46 Å². The van der Waals surface area contributed by atoms with E-state index in [2.05, 4.69) is 6.92 Å². The summed E-state index contributed by atoms with van der Waals surface area (Å²) in [6, 6.07) is 5.74. The van der Waals surface area contributed by atoms with Crippen LogP contribution in [0.1, 0.15) is 96.8 Å². The van der Waals surface area contributed by atoms with Crippen molar-refractivity contribution in [2.24, 2.45) is 0 Å². The van der Waals surface area contributed by atoms with Crippen molar-refractivity contribution in [3.05, 3.63) is 30.6 Å². The Morgan fingerprint density at radius 2 is 1.14 bits per heavy atom. The quantitative estimate of drug-likeness (QED) is 0.145. The minimum atomic E-state index is -3.93. The molecule has 0 bridgehead atoms. The normalized spacial score (nSPS) is 13.4. The molecule has 168 valence electrons. The summed E-state index contributed by atoms with van der Waals surface area (Å²) in [5, 5.41) is 0. The minimum absolute atomic E-state index is 0.154. The summed E-state index contributed by atoms with van der Waals surface area (Å²) in [5.41, 5.74) is 0. The second-order valence-electron chi connectivity index (χ2n) is 7.84. The highest BCUT2D eigenvalue weighted by Crippen LogP contribution is 2.43. The van der Waals surface area contributed by atoms with Gasteiger partial charge in [-0.05, 0) is 6.42 Å². The van der Waals surface area contributed by atoms with E-state index in [1.54, 1.807) is 0 Å². The zero-order valence-electron chi connectivity index (χ0n) is 18.5. The van der Waals surface area contributed by atoms with Crippen LogP contribution in [-0.4, -0.2) is 18.1 Å². The molecule has 0 radical (unpaired) electrons. The highest BCUT2D eigenvalue weighted by Gasteiger charge is 2.21. The molecule has 0 saturated carbocycles. The molecule has 1 aromatic rings. The van der Waals surface area contributed by atoms with Gasteiger partial charge in [-0.3, -0.25) is 9.05 Å². The van der Waals surface area contributed by atoms with Crippen molar-refractivity contribution < 1.29 is 23.1 Å². The summed E-state index contributed by atoms with van der Waals surface area (Å²) in [5.74, 6) is 0. The maximum absolute atomic E-state index is 11.8. The Bertz CT molecular complexity index is 527. The molecule has 0 aliphatic rings. The van der Waals surface area contributed by atoms with Gasteiger partial charge in [-0.2, -0.15) is 0 Å². The molecule has 1 N–H and O–H groups in total. The molecule has 1 aromatic heterocycles. The highest BCUT2D eigenvalue weighted by atomic mass is 31.2. The van der Waals surface area contributed by atoms with E-state index in [0.717, 1.165) is 12.8 Å². The number of phosphoric acid groups is 1. The summed E-state index contributed by atoms with van der Waals surface area (Å²) in [6.07, 6.45) is 21.8. The summed E-state index contributed by atoms with van der Waals surface area (Å²) < 4.78 is 23.8. The molecule has 29 heavy (non-hydrogen) atoms. The first-order chi connectivity index (χ1) is 14.1. The van der Waals surface area contributed by atoms with Gasteiger partial charge in [-0.25, -0.2) is 9.13 Å². The molecule has 0 amide bonds. The van der Waals surface area contributed by atoms with Gasteiger partial charge in [0.15, 0.2) is 18.9 Å². The largest absolute Gasteiger partial charge is 0.472 e. The van der Waals surface area contributed by atoms with E-state index in [1.165, 1.54) is 77.0 Å². The van der Waals surface area contributed by atoms with E-state index < -0.39 is 7.82 Å². The number of aromatic nitrogens is 1. The van der Waals surface area contributed by atoms with Crippen molar-refractivity contribution in [3.8, 4) is 0 Å². The molecular formula is C23H43NO4P+. The Morgan fingerprint density at radius 3 is 1.66 bits per heavy atom. The summed E-state index contributed by atoms with van der Waals surface area (Å²) in [4.78, 5) is 9.70. The third kappa shape index (κ3) is 16.7. The smallest absolute Gasteiger partial charge is 0.302 e. The van der Waals surface area contributed by atoms with Gasteiger partial charge in [0.1, 0.15) is 6.61 Å². The Labute approximate surface area is 178 Å². The zero-order chi connectivity index (χ0) is 21.0. The van der Waals surface area contributed by atoms with Crippen molar-refractivity contribution in [2.45, 2.75) is 103 Å². The molecule has 0 aliphatic carbocycles. The van der Waals surface area contributed by atoms with Crippen molar-refractivity contribution >= 4 is 7.82 Å². The molecule has 0 spiro atoms. The third-order valence-electron chi connectivity index (χ3n) is 5.13. The monoisotopic (exact) mass is 428 g/mol. The fourth-order valence-corrected chi connectivity index (χ4v) is 4.11. The van der Waals surface area contributed by atoms with Crippen molar-refractivity contribution in [1.82, 2.24) is 0 Å². The van der Waals surface area contributed by atoms with Crippen LogP contribution in [0.15, 0.2) is 30.6 Å². The topological polar surface area (TPSA) is 59.6 Å². The van der Waals surface area contributed by atoms with Gasteiger partial charge in [0, 0.05) is 12.1 Å². The molecule has 6 heteroatoms. The molecule has 0 saturated heterocycles. The Morgan fingerprint density at radius 1 is 0.690 bits per heavy atom. The predicted octanol–water partition coefficient (Wildman–Crippen LogP) is 6.59. The van der Waals surface area contributed by atoms with E-state index in [4.69, 9.17) is 9.05 Å². The molecule has 1 unspecified atom stereocenters. The highest BCUT2D eigenvalue weighted by molar-refractivity contribution is 7.47. The van der Waals surface area contributed by atoms with Crippen molar-refractivity contribution in [3.63, 3.8) is 0 Å². The molecular weight excluding hydrogens is 385 g/mol. The van der Waals surface area contributed by atoms with Gasteiger partial charge in [0.25, 0.3) is 0 Å². The second-order valence-corrected chi connectivity index (χ2v) is 9.30. The first kappa shape index (κ1) is 26.3. The maximum atomic E-state index is 11.8. The average Bonchev–Trinajstić information content (AvgIpc) is 2.71. The van der Waals surface area contributed by atoms with E-state index in [-0.39, 0.29) is 13.2 Å². The number of phosphoric ester groups is 1. The molecule has 0 aromatic carbocycles. The lowest BCUT2D eigenvalue weighted by atomic mass is 10.0. The van der Waals surface area contributed by atoms with Gasteiger partial charge in [-0.15, -0.1) is 0 Å². The predicted molar refractivity (Wildman–Crippen MR) is 119 cm³/mol. The minimum Gasteiger partial charge on any atom is -0.302 e. The van der Waals surface area contributed by atoms with Crippen LogP contribution < -0.4 is 4.57 Å². The number of hydrogen-bond acceptors (Lipinski definition) is 3. The second kappa shape index (κ2) is 18.1. The average molecular weight is 429 g/mol. The van der Waals surface area contributed by atoms with E-state index in [0.29, 0.717) is 6.54 Å². The lowest BCUT2D eigenvalue weighted by Gasteiger charge is -2.11. The Kier molecular flexibility index (Phi) is 16.4. The molecule has 1 heterocycles. The van der Waals surface area contributed by atoms with Gasteiger partial charge in [-0.1, -0.05) is 96.5 Å². The lowest BCUT2D eigenvalue weighted by Crippen LogP contribution is -2.34. The van der Waals surface area contributed by atoms with Crippen LogP contribution in [0.3, 0.4) is 0 Å². The Hall–Kier alpha value is -0.740. The molecule has 0 aliphatic heterocycles. The van der Waals surface area contributed by atoms with E-state index >= 15 is 0 Å². The number of nitrogens with zero attached hydrogens (tertiary/aromatic N) is 1. The number of unbranched alkanes of at least 4 members (excludes halogenated alkanes) is 13. The van der Waals surface area contributed by atoms with Crippen molar-refractivity contribution in [1.29, 1.82) is 0 Å². The number of pyridine rings is 1. The summed E-state index contributed by atoms with van der Waals surface area (Å²) in [6.45, 7) is 3.22. The number of rotatable bonds is 20. The van der Waals surface area contributed by atoms with E-state index in [1.807, 2.05) is 35.2 Å². The lowest BCUT2D eigenvalue weighted by molar-refractivity contribution is -0.697. The molecule has 0 fully saturated rings. The van der Waals surface area contributed by atoms with Crippen molar-refractivity contribution in [2.75, 3.05) is 13.2 Å². The van der Waals surface area contributed by atoms with Gasteiger partial charge in [0.2, 0.25) is 0 Å². The van der Waals surface area contributed by atoms with Crippen LogP contribution >= 0.6 is 7.82 Å². The third-order valence-corrected chi connectivity index (χ3v) is 6.15. The first-order valence-corrected chi connectivity index (χ1v) is 13.2.